The van der Waals surface area contributed by atoms with Gasteiger partial charge in [-0.25, -0.2) is 9.78 Å². The van der Waals surface area contributed by atoms with Gasteiger partial charge in [-0.15, -0.1) is 0 Å². The van der Waals surface area contributed by atoms with Gasteiger partial charge in [0.05, 0.1) is 18.1 Å². The maximum absolute atomic E-state index is 11.8. The molecule has 0 saturated carbocycles. The fourth-order valence-corrected chi connectivity index (χ4v) is 3.61. The largest absolute Gasteiger partial charge is 0.464 e. The van der Waals surface area contributed by atoms with Crippen LogP contribution in [0.4, 0.5) is 0 Å². The van der Waals surface area contributed by atoms with E-state index in [0.717, 1.165) is 36.2 Å². The molecule has 1 aliphatic heterocycles. The highest BCUT2D eigenvalue weighted by Crippen LogP contribution is 2.25. The van der Waals surface area contributed by atoms with Crippen LogP contribution in [0.2, 0.25) is 0 Å². The van der Waals surface area contributed by atoms with Crippen LogP contribution in [0.3, 0.4) is 0 Å². The van der Waals surface area contributed by atoms with Crippen LogP contribution in [0.1, 0.15) is 36.3 Å². The summed E-state index contributed by atoms with van der Waals surface area (Å²) in [7, 11) is 1.39. The third-order valence-electron chi connectivity index (χ3n) is 4.33. The number of nitrogens with zero attached hydrogens (tertiary/aromatic N) is 2. The van der Waals surface area contributed by atoms with Crippen LogP contribution in [0.5, 0.6) is 0 Å². The third-order valence-corrected chi connectivity index (χ3v) is 4.33. The summed E-state index contributed by atoms with van der Waals surface area (Å²) in [5.74, 6) is 1.04. The Balaban J connectivity index is 1.91. The number of H-pyrrole nitrogens is 1. The molecule has 118 valence electrons. The molecule has 2 aromatic heterocycles. The van der Waals surface area contributed by atoms with Gasteiger partial charge >= 0.3 is 5.97 Å². The highest BCUT2D eigenvalue weighted by molar-refractivity contribution is 5.91. The number of rotatable bonds is 3. The molecular weight excluding hydrogens is 278 g/mol. The monoisotopic (exact) mass is 301 g/mol. The second-order valence-electron chi connectivity index (χ2n) is 6.54. The lowest BCUT2D eigenvalue weighted by Gasteiger charge is -2.35. The summed E-state index contributed by atoms with van der Waals surface area (Å²) in [4.78, 5) is 21.9. The number of hydrogen-bond donors (Lipinski definition) is 1. The summed E-state index contributed by atoms with van der Waals surface area (Å²) < 4.78 is 4.82. The molecular formula is C17H23N3O2. The first-order chi connectivity index (χ1) is 10.6. The molecule has 0 aromatic carbocycles. The van der Waals surface area contributed by atoms with Crippen LogP contribution >= 0.6 is 0 Å². The third kappa shape index (κ3) is 2.99. The van der Waals surface area contributed by atoms with Crippen molar-refractivity contribution in [2.24, 2.45) is 11.8 Å². The Kier molecular flexibility index (Phi) is 4.16. The molecule has 3 heterocycles. The van der Waals surface area contributed by atoms with E-state index in [-0.39, 0.29) is 5.97 Å². The van der Waals surface area contributed by atoms with Gasteiger partial charge in [-0.1, -0.05) is 13.8 Å². The van der Waals surface area contributed by atoms with Gasteiger partial charge in [0.25, 0.3) is 0 Å². The standard InChI is InChI=1S/C17H23N3O2/c1-11-6-12(2)9-20(8-11)10-13-7-15(17(21)22-3)19-14-4-5-18-16(13)14/h4-5,7,11-12,18H,6,8-10H2,1-3H3/t11-,12+. The SMILES string of the molecule is COC(=O)c1cc(CN2C[C@H](C)C[C@H](C)C2)c2[nH]ccc2n1. The molecule has 0 bridgehead atoms. The maximum atomic E-state index is 11.8. The summed E-state index contributed by atoms with van der Waals surface area (Å²) in [5.41, 5.74) is 3.31. The molecule has 1 aliphatic rings. The van der Waals surface area contributed by atoms with Crippen molar-refractivity contribution in [3.8, 4) is 0 Å². The Morgan fingerprint density at radius 1 is 1.41 bits per heavy atom. The van der Waals surface area contributed by atoms with Gasteiger partial charge in [-0.2, -0.15) is 0 Å². The highest BCUT2D eigenvalue weighted by Gasteiger charge is 2.23. The summed E-state index contributed by atoms with van der Waals surface area (Å²) in [6.45, 7) is 7.64. The molecule has 0 spiro atoms. The van der Waals surface area contributed by atoms with Crippen LogP contribution in [-0.4, -0.2) is 41.0 Å². The average Bonchev–Trinajstić information content (AvgIpc) is 2.94. The molecule has 2 atom stereocenters. The van der Waals surface area contributed by atoms with Crippen LogP contribution in [-0.2, 0) is 11.3 Å². The minimum Gasteiger partial charge on any atom is -0.464 e. The second-order valence-corrected chi connectivity index (χ2v) is 6.54. The number of ether oxygens (including phenoxy) is 1. The number of fused-ring (bicyclic) bond motifs is 1. The van der Waals surface area contributed by atoms with E-state index in [4.69, 9.17) is 4.74 Å². The Bertz CT molecular complexity index is 670. The van der Waals surface area contributed by atoms with Gasteiger partial charge in [-0.05, 0) is 36.0 Å². The predicted molar refractivity (Wildman–Crippen MR) is 85.7 cm³/mol. The van der Waals surface area contributed by atoms with Gasteiger partial charge in [0.2, 0.25) is 0 Å². The minimum atomic E-state index is -0.385. The number of likely N-dealkylation sites (tertiary alicyclic amines) is 1. The number of carbonyl (C=O) groups excluding carboxylic acids is 1. The van der Waals surface area contributed by atoms with Crippen molar-refractivity contribution in [2.75, 3.05) is 20.2 Å². The Hall–Kier alpha value is -1.88. The average molecular weight is 301 g/mol. The van der Waals surface area contributed by atoms with E-state index in [9.17, 15) is 4.79 Å². The van der Waals surface area contributed by atoms with Crippen molar-refractivity contribution in [3.63, 3.8) is 0 Å². The lowest BCUT2D eigenvalue weighted by atomic mass is 9.91. The summed E-state index contributed by atoms with van der Waals surface area (Å²) in [6.07, 6.45) is 3.15. The number of methoxy groups -OCH3 is 1. The fourth-order valence-electron chi connectivity index (χ4n) is 3.61. The molecule has 1 fully saturated rings. The van der Waals surface area contributed by atoms with Crippen LogP contribution < -0.4 is 0 Å². The number of hydrogen-bond acceptors (Lipinski definition) is 4. The maximum Gasteiger partial charge on any atom is 0.356 e. The molecule has 1 saturated heterocycles. The van der Waals surface area contributed by atoms with Crippen molar-refractivity contribution in [1.82, 2.24) is 14.9 Å². The van der Waals surface area contributed by atoms with Gasteiger partial charge in [0, 0.05) is 25.8 Å². The number of pyridine rings is 1. The van der Waals surface area contributed by atoms with E-state index < -0.39 is 0 Å². The Morgan fingerprint density at radius 3 is 2.82 bits per heavy atom. The minimum absolute atomic E-state index is 0.378. The molecule has 22 heavy (non-hydrogen) atoms. The van der Waals surface area contributed by atoms with Gasteiger partial charge in [0.15, 0.2) is 0 Å². The zero-order valence-corrected chi connectivity index (χ0v) is 13.4. The molecule has 5 heteroatoms. The van der Waals surface area contributed by atoms with Crippen molar-refractivity contribution in [3.05, 3.63) is 29.6 Å². The Labute approximate surface area is 130 Å². The molecule has 0 radical (unpaired) electrons. The van der Waals surface area contributed by atoms with E-state index in [1.54, 1.807) is 0 Å². The Morgan fingerprint density at radius 2 is 2.14 bits per heavy atom. The summed E-state index contributed by atoms with van der Waals surface area (Å²) >= 11 is 0. The molecule has 0 unspecified atom stereocenters. The van der Waals surface area contributed by atoms with Crippen molar-refractivity contribution < 1.29 is 9.53 Å². The highest BCUT2D eigenvalue weighted by atomic mass is 16.5. The van der Waals surface area contributed by atoms with E-state index in [1.165, 1.54) is 13.5 Å². The van der Waals surface area contributed by atoms with Gasteiger partial charge in [-0.3, -0.25) is 4.90 Å². The lowest BCUT2D eigenvalue weighted by molar-refractivity contribution is 0.0594. The first kappa shape index (κ1) is 15.0. The molecule has 0 aliphatic carbocycles. The molecule has 0 amide bonds. The van der Waals surface area contributed by atoms with Crippen molar-refractivity contribution >= 4 is 17.0 Å². The molecule has 3 rings (SSSR count). The van der Waals surface area contributed by atoms with E-state index in [1.807, 2.05) is 18.3 Å². The van der Waals surface area contributed by atoms with Crippen molar-refractivity contribution in [2.45, 2.75) is 26.8 Å². The topological polar surface area (TPSA) is 58.2 Å². The smallest absolute Gasteiger partial charge is 0.356 e. The number of aromatic amines is 1. The number of carbonyl (C=O) groups is 1. The zero-order chi connectivity index (χ0) is 15.7. The lowest BCUT2D eigenvalue weighted by Crippen LogP contribution is -2.38. The number of aromatic nitrogens is 2. The predicted octanol–water partition coefficient (Wildman–Crippen LogP) is 2.83. The first-order valence-electron chi connectivity index (χ1n) is 7.84. The quantitative estimate of drug-likeness (QED) is 0.886. The first-order valence-corrected chi connectivity index (χ1v) is 7.84. The number of nitrogens with one attached hydrogen (secondary N) is 1. The second kappa shape index (κ2) is 6.08. The van der Waals surface area contributed by atoms with Crippen LogP contribution in [0, 0.1) is 11.8 Å². The van der Waals surface area contributed by atoms with Crippen LogP contribution in [0.25, 0.3) is 11.0 Å². The van der Waals surface area contributed by atoms with Gasteiger partial charge in [0.1, 0.15) is 5.69 Å². The molecule has 5 nitrogen and oxygen atoms in total. The molecule has 1 N–H and O–H groups in total. The zero-order valence-electron chi connectivity index (χ0n) is 13.4. The van der Waals surface area contributed by atoms with E-state index in [2.05, 4.69) is 28.7 Å². The number of esters is 1. The van der Waals surface area contributed by atoms with E-state index >= 15 is 0 Å². The van der Waals surface area contributed by atoms with E-state index in [0.29, 0.717) is 17.5 Å². The van der Waals surface area contributed by atoms with Gasteiger partial charge < -0.3 is 9.72 Å². The summed E-state index contributed by atoms with van der Waals surface area (Å²) in [6, 6.07) is 3.75. The molecule has 2 aromatic rings. The normalized spacial score (nSPS) is 22.9. The number of piperidine rings is 1. The van der Waals surface area contributed by atoms with Crippen LogP contribution in [0.15, 0.2) is 18.3 Å². The fraction of sp³-hybridized carbons (Fsp3) is 0.529. The summed E-state index contributed by atoms with van der Waals surface area (Å²) in [5, 5.41) is 0. The van der Waals surface area contributed by atoms with Crippen molar-refractivity contribution in [1.29, 1.82) is 0 Å².